The van der Waals surface area contributed by atoms with Crippen molar-refractivity contribution in [2.75, 3.05) is 4.43 Å². The molecule has 0 atom stereocenters. The van der Waals surface area contributed by atoms with Gasteiger partial charge in [-0.1, -0.05) is 35.4 Å². The van der Waals surface area contributed by atoms with Gasteiger partial charge in [0.1, 0.15) is 0 Å². The van der Waals surface area contributed by atoms with Crippen LogP contribution in [0.4, 0.5) is 0 Å². The largest absolute Gasteiger partial charge is 0.481 e. The van der Waals surface area contributed by atoms with Crippen molar-refractivity contribution in [3.8, 4) is 0 Å². The molecule has 1 saturated carbocycles. The summed E-state index contributed by atoms with van der Waals surface area (Å²) in [7, 11) is 0. The van der Waals surface area contributed by atoms with Crippen LogP contribution in [-0.2, 0) is 4.79 Å². The van der Waals surface area contributed by atoms with Gasteiger partial charge < -0.3 is 5.11 Å². The molecule has 0 aromatic carbocycles. The lowest BCUT2D eigenvalue weighted by atomic mass is 9.89. The minimum absolute atomic E-state index is 0.361. The zero-order valence-corrected chi connectivity index (χ0v) is 7.93. The van der Waals surface area contributed by atoms with Gasteiger partial charge >= 0.3 is 5.97 Å². The molecule has 1 rings (SSSR count). The third-order valence-electron chi connectivity index (χ3n) is 2.27. The van der Waals surface area contributed by atoms with E-state index in [1.165, 1.54) is 0 Å². The molecule has 1 aliphatic carbocycles. The summed E-state index contributed by atoms with van der Waals surface area (Å²) in [4.78, 5) is 10.7. The molecule has 0 aromatic rings. The topological polar surface area (TPSA) is 37.3 Å². The molecule has 2 nitrogen and oxygen atoms in total. The molecule has 1 N–H and O–H groups in total. The highest BCUT2D eigenvalue weighted by molar-refractivity contribution is 14.1. The lowest BCUT2D eigenvalue weighted by Crippen LogP contribution is -2.29. The smallest absolute Gasteiger partial charge is 0.310 e. The monoisotopic (exact) mass is 254 g/mol. The Hall–Kier alpha value is 0.200. The molecule has 3 heteroatoms. The van der Waals surface area contributed by atoms with E-state index in [9.17, 15) is 4.79 Å². The van der Waals surface area contributed by atoms with E-state index in [0.29, 0.717) is 0 Å². The summed E-state index contributed by atoms with van der Waals surface area (Å²) >= 11 is 2.18. The second kappa shape index (κ2) is 3.07. The van der Waals surface area contributed by atoms with Crippen LogP contribution in [0.1, 0.15) is 25.7 Å². The third-order valence-corrected chi connectivity index (χ3v) is 3.73. The Morgan fingerprint density at radius 1 is 1.50 bits per heavy atom. The molecule has 0 heterocycles. The fourth-order valence-electron chi connectivity index (χ4n) is 1.46. The van der Waals surface area contributed by atoms with E-state index in [1.54, 1.807) is 0 Å². The molecule has 0 aromatic heterocycles. The van der Waals surface area contributed by atoms with Crippen molar-refractivity contribution in [2.45, 2.75) is 25.7 Å². The minimum atomic E-state index is -0.598. The number of rotatable bonds is 2. The van der Waals surface area contributed by atoms with Crippen molar-refractivity contribution in [3.63, 3.8) is 0 Å². The first-order valence-corrected chi connectivity index (χ1v) is 5.03. The van der Waals surface area contributed by atoms with Crippen molar-refractivity contribution < 1.29 is 9.90 Å². The molecule has 58 valence electrons. The molecule has 0 bridgehead atoms. The SMILES string of the molecule is O=C(O)C1(CI)CCCC1. The Bertz CT molecular complexity index is 139. The average Bonchev–Trinajstić information content (AvgIpc) is 2.35. The normalized spacial score (nSPS) is 22.9. The van der Waals surface area contributed by atoms with Gasteiger partial charge in [-0.3, -0.25) is 4.79 Å². The number of carbonyl (C=O) groups is 1. The zero-order chi connectivity index (χ0) is 7.61. The fraction of sp³-hybridized carbons (Fsp3) is 0.857. The zero-order valence-electron chi connectivity index (χ0n) is 5.77. The van der Waals surface area contributed by atoms with Crippen LogP contribution < -0.4 is 0 Å². The first kappa shape index (κ1) is 8.30. The van der Waals surface area contributed by atoms with Crippen LogP contribution in [0.5, 0.6) is 0 Å². The molecule has 1 fully saturated rings. The quantitative estimate of drug-likeness (QED) is 0.605. The summed E-state index contributed by atoms with van der Waals surface area (Å²) in [6.45, 7) is 0. The fourth-order valence-corrected chi connectivity index (χ4v) is 2.55. The maximum absolute atomic E-state index is 10.7. The summed E-state index contributed by atoms with van der Waals surface area (Å²) in [5.41, 5.74) is -0.361. The van der Waals surface area contributed by atoms with E-state index in [2.05, 4.69) is 22.6 Å². The lowest BCUT2D eigenvalue weighted by Gasteiger charge is -2.19. The number of hydrogen-bond donors (Lipinski definition) is 1. The van der Waals surface area contributed by atoms with Crippen molar-refractivity contribution in [1.82, 2.24) is 0 Å². The van der Waals surface area contributed by atoms with E-state index < -0.39 is 5.97 Å². The van der Waals surface area contributed by atoms with Crippen LogP contribution in [0.15, 0.2) is 0 Å². The van der Waals surface area contributed by atoms with Gasteiger partial charge in [0.05, 0.1) is 5.41 Å². The summed E-state index contributed by atoms with van der Waals surface area (Å²) < 4.78 is 0.764. The van der Waals surface area contributed by atoms with Crippen LogP contribution in [0.2, 0.25) is 0 Å². The van der Waals surface area contributed by atoms with Gasteiger partial charge in [-0.2, -0.15) is 0 Å². The molecule has 0 aliphatic heterocycles. The van der Waals surface area contributed by atoms with E-state index in [1.807, 2.05) is 0 Å². The van der Waals surface area contributed by atoms with Gasteiger partial charge in [0.2, 0.25) is 0 Å². The summed E-state index contributed by atoms with van der Waals surface area (Å²) in [5.74, 6) is -0.598. The molecular weight excluding hydrogens is 243 g/mol. The first-order chi connectivity index (χ1) is 4.71. The summed E-state index contributed by atoms with van der Waals surface area (Å²) in [6.07, 6.45) is 3.95. The van der Waals surface area contributed by atoms with Gasteiger partial charge in [-0.05, 0) is 12.8 Å². The highest BCUT2D eigenvalue weighted by Gasteiger charge is 2.39. The van der Waals surface area contributed by atoms with Crippen LogP contribution in [-0.4, -0.2) is 15.5 Å². The molecule has 10 heavy (non-hydrogen) atoms. The number of alkyl halides is 1. The molecule has 0 unspecified atom stereocenters. The second-order valence-corrected chi connectivity index (χ2v) is 3.69. The standard InChI is InChI=1S/C7H11IO2/c8-5-7(6(9)10)3-1-2-4-7/h1-5H2,(H,9,10). The van der Waals surface area contributed by atoms with Crippen molar-refractivity contribution in [2.24, 2.45) is 5.41 Å². The number of halogens is 1. The summed E-state index contributed by atoms with van der Waals surface area (Å²) in [5, 5.41) is 8.86. The predicted octanol–water partition coefficient (Wildman–Crippen LogP) is 2.07. The predicted molar refractivity (Wildman–Crippen MR) is 47.4 cm³/mol. The molecule has 1 aliphatic rings. The van der Waals surface area contributed by atoms with Crippen molar-refractivity contribution >= 4 is 28.6 Å². The average molecular weight is 254 g/mol. The Balaban J connectivity index is 2.67. The molecule has 0 spiro atoms. The van der Waals surface area contributed by atoms with Crippen LogP contribution in [0.3, 0.4) is 0 Å². The number of carboxylic acids is 1. The second-order valence-electron chi connectivity index (χ2n) is 2.93. The Morgan fingerprint density at radius 3 is 2.20 bits per heavy atom. The minimum Gasteiger partial charge on any atom is -0.481 e. The lowest BCUT2D eigenvalue weighted by molar-refractivity contribution is -0.147. The van der Waals surface area contributed by atoms with Crippen LogP contribution >= 0.6 is 22.6 Å². The molecule has 0 radical (unpaired) electrons. The number of carboxylic acid groups (broad SMARTS) is 1. The van der Waals surface area contributed by atoms with Gasteiger partial charge in [-0.15, -0.1) is 0 Å². The van der Waals surface area contributed by atoms with Crippen LogP contribution in [0, 0.1) is 5.41 Å². The van der Waals surface area contributed by atoms with E-state index in [-0.39, 0.29) is 5.41 Å². The number of hydrogen-bond acceptors (Lipinski definition) is 1. The van der Waals surface area contributed by atoms with E-state index in [0.717, 1.165) is 30.1 Å². The maximum Gasteiger partial charge on any atom is 0.310 e. The Labute approximate surface area is 74.1 Å². The maximum atomic E-state index is 10.7. The molecule has 0 saturated heterocycles. The summed E-state index contributed by atoms with van der Waals surface area (Å²) in [6, 6.07) is 0. The third kappa shape index (κ3) is 1.28. The molecule has 0 amide bonds. The first-order valence-electron chi connectivity index (χ1n) is 3.51. The van der Waals surface area contributed by atoms with Crippen molar-refractivity contribution in [3.05, 3.63) is 0 Å². The van der Waals surface area contributed by atoms with Gasteiger partial charge in [-0.25, -0.2) is 0 Å². The van der Waals surface area contributed by atoms with Gasteiger partial charge in [0.25, 0.3) is 0 Å². The van der Waals surface area contributed by atoms with Crippen molar-refractivity contribution in [1.29, 1.82) is 0 Å². The Morgan fingerprint density at radius 2 is 2.00 bits per heavy atom. The number of aliphatic carboxylic acids is 1. The van der Waals surface area contributed by atoms with E-state index in [4.69, 9.17) is 5.11 Å². The van der Waals surface area contributed by atoms with E-state index >= 15 is 0 Å². The highest BCUT2D eigenvalue weighted by atomic mass is 127. The Kier molecular flexibility index (Phi) is 2.55. The van der Waals surface area contributed by atoms with Crippen LogP contribution in [0.25, 0.3) is 0 Å². The molecular formula is C7H11IO2. The van der Waals surface area contributed by atoms with Gasteiger partial charge in [0.15, 0.2) is 0 Å². The highest BCUT2D eigenvalue weighted by Crippen LogP contribution is 2.39. The van der Waals surface area contributed by atoms with Gasteiger partial charge in [0, 0.05) is 4.43 Å².